The number of amidine groups is 1. The third-order valence-electron chi connectivity index (χ3n) is 5.54. The summed E-state index contributed by atoms with van der Waals surface area (Å²) >= 11 is 0. The Bertz CT molecular complexity index is 907. The zero-order chi connectivity index (χ0) is 19.0. The summed E-state index contributed by atoms with van der Waals surface area (Å²) < 4.78 is 2.24. The molecule has 2 aromatic carbocycles. The molecule has 140 valence electrons. The van der Waals surface area contributed by atoms with E-state index in [2.05, 4.69) is 4.58 Å². The van der Waals surface area contributed by atoms with Gasteiger partial charge in [0.05, 0.1) is 11.5 Å². The van der Waals surface area contributed by atoms with Gasteiger partial charge >= 0.3 is 0 Å². The summed E-state index contributed by atoms with van der Waals surface area (Å²) in [5.74, 6) is 1.10. The second-order valence-electron chi connectivity index (χ2n) is 7.44. The van der Waals surface area contributed by atoms with Gasteiger partial charge in [0.2, 0.25) is 0 Å². The van der Waals surface area contributed by atoms with Crippen LogP contribution in [-0.4, -0.2) is 33.5 Å². The van der Waals surface area contributed by atoms with Crippen LogP contribution in [0.4, 0.5) is 11.4 Å². The fraction of sp³-hybridized carbons (Fsp3) is 0.381. The first kappa shape index (κ1) is 17.7. The Morgan fingerprint density at radius 1 is 1.15 bits per heavy atom. The molecule has 0 radical (unpaired) electrons. The van der Waals surface area contributed by atoms with E-state index in [0.717, 1.165) is 42.9 Å². The molecule has 0 bridgehead atoms. The van der Waals surface area contributed by atoms with E-state index in [1.807, 2.05) is 36.1 Å². The quantitative estimate of drug-likeness (QED) is 0.512. The summed E-state index contributed by atoms with van der Waals surface area (Å²) in [4.78, 5) is 12.8. The Balaban J connectivity index is 1.84. The molecule has 0 unspecified atom stereocenters. The number of hydrogen-bond acceptors (Lipinski definition) is 4. The number of anilines is 1. The highest BCUT2D eigenvalue weighted by atomic mass is 16.6. The van der Waals surface area contributed by atoms with Crippen molar-refractivity contribution in [2.45, 2.75) is 38.3 Å². The molecule has 0 saturated heterocycles. The highest BCUT2D eigenvalue weighted by Crippen LogP contribution is 2.38. The lowest BCUT2D eigenvalue weighted by molar-refractivity contribution is -0.534. The number of nitrogens with zero attached hydrogens (tertiary/aromatic N) is 3. The third-order valence-corrected chi connectivity index (χ3v) is 5.54. The van der Waals surface area contributed by atoms with Crippen molar-refractivity contribution in [3.8, 4) is 0 Å². The Morgan fingerprint density at radius 3 is 2.67 bits per heavy atom. The van der Waals surface area contributed by atoms with E-state index in [0.29, 0.717) is 12.1 Å². The van der Waals surface area contributed by atoms with E-state index in [-0.39, 0.29) is 5.69 Å². The van der Waals surface area contributed by atoms with Crippen LogP contribution in [0.15, 0.2) is 48.5 Å². The number of nitro benzene ring substituents is 1. The predicted octanol–water partition coefficient (Wildman–Crippen LogP) is 3.55. The van der Waals surface area contributed by atoms with Crippen LogP contribution in [0.5, 0.6) is 0 Å². The molecule has 0 aromatic heterocycles. The zero-order valence-corrected chi connectivity index (χ0v) is 15.5. The average Bonchev–Trinajstić information content (AvgIpc) is 2.79. The molecule has 2 aliphatic heterocycles. The monoisotopic (exact) mass is 366 g/mol. The molecule has 1 N–H and O–H groups in total. The fourth-order valence-electron chi connectivity index (χ4n) is 4.17. The van der Waals surface area contributed by atoms with E-state index >= 15 is 0 Å². The Kier molecular flexibility index (Phi) is 4.44. The van der Waals surface area contributed by atoms with Crippen molar-refractivity contribution in [3.05, 3.63) is 69.8 Å². The summed E-state index contributed by atoms with van der Waals surface area (Å²) in [6.45, 7) is 3.35. The van der Waals surface area contributed by atoms with Crippen molar-refractivity contribution in [1.29, 1.82) is 0 Å². The minimum Gasteiger partial charge on any atom is -0.346 e. The zero-order valence-electron chi connectivity index (χ0n) is 15.5. The van der Waals surface area contributed by atoms with Gasteiger partial charge in [-0.15, -0.1) is 0 Å². The smallest absolute Gasteiger partial charge is 0.275 e. The van der Waals surface area contributed by atoms with Gasteiger partial charge in [0.15, 0.2) is 6.54 Å². The van der Waals surface area contributed by atoms with Gasteiger partial charge in [-0.05, 0) is 38.3 Å². The minimum atomic E-state index is -1.33. The normalized spacial score (nSPS) is 22.5. The van der Waals surface area contributed by atoms with Crippen LogP contribution < -0.4 is 4.90 Å². The van der Waals surface area contributed by atoms with E-state index in [1.54, 1.807) is 12.1 Å². The minimum absolute atomic E-state index is 0.00289. The molecule has 2 aromatic rings. The number of hydrogen-bond donors (Lipinski definition) is 1. The van der Waals surface area contributed by atoms with Gasteiger partial charge in [0.25, 0.3) is 17.2 Å². The molecule has 0 amide bonds. The van der Waals surface area contributed by atoms with Crippen molar-refractivity contribution < 1.29 is 14.6 Å². The molecular weight excluding hydrogens is 342 g/mol. The SMILES string of the molecule is Cc1ccc(N2C3=[N+](CCCCC3)C[C@@]2(O)c2cccc([N+](=O)[O-])c2)cc1. The highest BCUT2D eigenvalue weighted by Gasteiger charge is 2.54. The van der Waals surface area contributed by atoms with Gasteiger partial charge in [-0.25, -0.2) is 0 Å². The van der Waals surface area contributed by atoms with Crippen LogP contribution >= 0.6 is 0 Å². The average molecular weight is 366 g/mol. The first-order valence-corrected chi connectivity index (χ1v) is 9.44. The number of aryl methyl sites for hydroxylation is 1. The van der Waals surface area contributed by atoms with E-state index in [9.17, 15) is 15.2 Å². The molecule has 0 saturated carbocycles. The van der Waals surface area contributed by atoms with Crippen molar-refractivity contribution in [1.82, 2.24) is 0 Å². The summed E-state index contributed by atoms with van der Waals surface area (Å²) in [5.41, 5.74) is 1.29. The third kappa shape index (κ3) is 3.10. The van der Waals surface area contributed by atoms with Crippen LogP contribution in [0.1, 0.15) is 36.8 Å². The molecule has 6 heteroatoms. The lowest BCUT2D eigenvalue weighted by Crippen LogP contribution is -2.47. The van der Waals surface area contributed by atoms with Crippen molar-refractivity contribution >= 4 is 17.2 Å². The molecule has 2 heterocycles. The molecule has 4 rings (SSSR count). The topological polar surface area (TPSA) is 69.6 Å². The van der Waals surface area contributed by atoms with E-state index in [1.165, 1.54) is 18.6 Å². The van der Waals surface area contributed by atoms with E-state index in [4.69, 9.17) is 0 Å². The summed E-state index contributed by atoms with van der Waals surface area (Å²) in [6.07, 6.45) is 4.25. The lowest BCUT2D eigenvalue weighted by atomic mass is 9.99. The van der Waals surface area contributed by atoms with Crippen molar-refractivity contribution in [2.75, 3.05) is 18.0 Å². The molecule has 27 heavy (non-hydrogen) atoms. The Labute approximate surface area is 158 Å². The number of non-ortho nitro benzene ring substituents is 1. The molecule has 2 aliphatic rings. The van der Waals surface area contributed by atoms with Gasteiger partial charge in [-0.1, -0.05) is 29.8 Å². The predicted molar refractivity (Wildman–Crippen MR) is 104 cm³/mol. The molecular formula is C21H24N3O3+. The first-order valence-electron chi connectivity index (χ1n) is 9.44. The van der Waals surface area contributed by atoms with Gasteiger partial charge in [-0.2, -0.15) is 4.90 Å². The molecule has 0 fully saturated rings. The van der Waals surface area contributed by atoms with Crippen LogP contribution in [0.2, 0.25) is 0 Å². The number of nitro groups is 1. The summed E-state index contributed by atoms with van der Waals surface area (Å²) in [7, 11) is 0. The first-order chi connectivity index (χ1) is 13.0. The number of benzene rings is 2. The largest absolute Gasteiger partial charge is 0.346 e. The highest BCUT2D eigenvalue weighted by molar-refractivity contribution is 5.97. The van der Waals surface area contributed by atoms with Crippen molar-refractivity contribution in [2.24, 2.45) is 0 Å². The summed E-state index contributed by atoms with van der Waals surface area (Å²) in [6, 6.07) is 14.5. The van der Waals surface area contributed by atoms with Crippen molar-refractivity contribution in [3.63, 3.8) is 0 Å². The van der Waals surface area contributed by atoms with Gasteiger partial charge in [0.1, 0.15) is 5.69 Å². The van der Waals surface area contributed by atoms with E-state index < -0.39 is 10.6 Å². The van der Waals surface area contributed by atoms with Crippen LogP contribution in [0.25, 0.3) is 0 Å². The lowest BCUT2D eigenvalue weighted by Gasteiger charge is -2.29. The van der Waals surface area contributed by atoms with Crippen LogP contribution in [0, 0.1) is 17.0 Å². The molecule has 0 spiro atoms. The molecule has 0 aliphatic carbocycles. The standard InChI is InChI=1S/C21H24N3O3/c1-16-9-11-18(12-10-16)23-20-8-3-2-4-13-22(20)15-21(23,25)17-6-5-7-19(14-17)24(26)27/h5-7,9-12,14,25H,2-4,8,13,15H2,1H3/q+1/t21-/m1/s1. The molecule has 6 nitrogen and oxygen atoms in total. The Morgan fingerprint density at radius 2 is 1.93 bits per heavy atom. The maximum absolute atomic E-state index is 11.8. The van der Waals surface area contributed by atoms with Crippen LogP contribution in [-0.2, 0) is 5.72 Å². The molecule has 1 atom stereocenters. The fourth-order valence-corrected chi connectivity index (χ4v) is 4.17. The van der Waals surface area contributed by atoms with Gasteiger partial charge in [0, 0.05) is 24.1 Å². The maximum Gasteiger partial charge on any atom is 0.275 e. The Hall–Kier alpha value is -2.73. The number of rotatable bonds is 3. The number of aliphatic hydroxyl groups is 1. The van der Waals surface area contributed by atoms with Gasteiger partial charge < -0.3 is 5.11 Å². The second-order valence-corrected chi connectivity index (χ2v) is 7.44. The second kappa shape index (κ2) is 6.78. The van der Waals surface area contributed by atoms with Crippen LogP contribution in [0.3, 0.4) is 0 Å². The van der Waals surface area contributed by atoms with Gasteiger partial charge in [-0.3, -0.25) is 14.7 Å². The summed E-state index contributed by atoms with van der Waals surface area (Å²) in [5, 5.41) is 23.1. The maximum atomic E-state index is 11.8.